The van der Waals surface area contributed by atoms with Crippen LogP contribution in [0.3, 0.4) is 0 Å². The summed E-state index contributed by atoms with van der Waals surface area (Å²) in [5.74, 6) is 0. The third-order valence-electron chi connectivity index (χ3n) is 3.57. The van der Waals surface area contributed by atoms with E-state index in [2.05, 4.69) is 4.79 Å². The van der Waals surface area contributed by atoms with Crippen LogP contribution in [-0.2, 0) is 0 Å². The summed E-state index contributed by atoms with van der Waals surface area (Å²) >= 11 is 12.2. The highest BCUT2D eigenvalue weighted by molar-refractivity contribution is 6.31. The highest BCUT2D eigenvalue weighted by atomic mass is 35.5. The second-order valence-corrected chi connectivity index (χ2v) is 6.15. The summed E-state index contributed by atoms with van der Waals surface area (Å²) in [7, 11) is 0. The highest BCUT2D eigenvalue weighted by Crippen LogP contribution is 2.27. The first-order valence-corrected chi connectivity index (χ1v) is 7.37. The van der Waals surface area contributed by atoms with Gasteiger partial charge in [0.25, 0.3) is 0 Å². The van der Waals surface area contributed by atoms with Crippen LogP contribution >= 0.6 is 23.2 Å². The lowest BCUT2D eigenvalue weighted by atomic mass is 9.89. The van der Waals surface area contributed by atoms with Gasteiger partial charge in [0, 0.05) is 10.0 Å². The molecule has 0 atom stereocenters. The van der Waals surface area contributed by atoms with E-state index in [4.69, 9.17) is 23.2 Å². The average molecular weight is 319 g/mol. The molecule has 2 nitrogen and oxygen atoms in total. The Morgan fingerprint density at radius 2 is 1.05 bits per heavy atom. The van der Waals surface area contributed by atoms with E-state index in [1.54, 1.807) is 0 Å². The zero-order valence-electron chi connectivity index (χ0n) is 12.5. The summed E-state index contributed by atoms with van der Waals surface area (Å²) in [5, 5.41) is 1.35. The Hall–Kier alpha value is -1.60. The minimum absolute atomic E-state index is 0.549. The Balaban J connectivity index is 2.77. The van der Waals surface area contributed by atoms with Crippen LogP contribution in [0, 0.1) is 27.7 Å². The van der Waals surface area contributed by atoms with Crippen LogP contribution in [-0.4, -0.2) is 10.5 Å². The van der Waals surface area contributed by atoms with E-state index in [0.717, 1.165) is 33.4 Å². The van der Waals surface area contributed by atoms with Crippen molar-refractivity contribution in [3.05, 3.63) is 73.2 Å². The van der Waals surface area contributed by atoms with Gasteiger partial charge in [-0.3, -0.25) is 0 Å². The van der Waals surface area contributed by atoms with Gasteiger partial charge >= 0.3 is 5.71 Å². The first kappa shape index (κ1) is 15.8. The molecule has 0 saturated carbocycles. The van der Waals surface area contributed by atoms with Crippen LogP contribution in [0.25, 0.3) is 5.53 Å². The molecule has 0 aliphatic rings. The molecule has 0 unspecified atom stereocenters. The Kier molecular flexibility index (Phi) is 4.53. The summed E-state index contributed by atoms with van der Waals surface area (Å²) in [4.78, 5) is 3.56. The fourth-order valence-corrected chi connectivity index (χ4v) is 3.45. The molecule has 0 N–H and O–H groups in total. The van der Waals surface area contributed by atoms with Gasteiger partial charge in [0.1, 0.15) is 0 Å². The van der Waals surface area contributed by atoms with Gasteiger partial charge in [0.2, 0.25) is 0 Å². The normalized spacial score (nSPS) is 10.4. The number of benzene rings is 2. The summed E-state index contributed by atoms with van der Waals surface area (Å²) in [5.41, 5.74) is 15.8. The lowest BCUT2D eigenvalue weighted by Crippen LogP contribution is -2.12. The van der Waals surface area contributed by atoms with Crippen molar-refractivity contribution in [1.29, 1.82) is 0 Å². The molecule has 0 aromatic heterocycles. The van der Waals surface area contributed by atoms with Gasteiger partial charge in [-0.05, 0) is 74.2 Å². The summed E-state index contributed by atoms with van der Waals surface area (Å²) in [6.07, 6.45) is 0. The molecule has 0 spiro atoms. The number of hydrogen-bond acceptors (Lipinski definition) is 0. The minimum Gasteiger partial charge on any atom is -0.361 e. The van der Waals surface area contributed by atoms with Crippen LogP contribution < -0.4 is 0 Å². The molecular weight excluding hydrogens is 303 g/mol. The second kappa shape index (κ2) is 6.03. The third-order valence-corrected chi connectivity index (χ3v) is 4.00. The third kappa shape index (κ3) is 3.03. The molecule has 0 fully saturated rings. The van der Waals surface area contributed by atoms with Gasteiger partial charge in [-0.1, -0.05) is 23.2 Å². The van der Waals surface area contributed by atoms with Crippen molar-refractivity contribution in [2.75, 3.05) is 0 Å². The molecule has 0 aliphatic carbocycles. The fraction of sp³-hybridized carbons (Fsp3) is 0.235. The monoisotopic (exact) mass is 318 g/mol. The van der Waals surface area contributed by atoms with Gasteiger partial charge in [0.15, 0.2) is 0 Å². The van der Waals surface area contributed by atoms with Gasteiger partial charge in [0.05, 0.1) is 11.1 Å². The summed E-state index contributed by atoms with van der Waals surface area (Å²) in [6, 6.07) is 7.48. The number of hydrogen-bond donors (Lipinski definition) is 0. The number of rotatable bonds is 2. The molecule has 0 heterocycles. The Bertz CT molecular complexity index is 667. The lowest BCUT2D eigenvalue weighted by Gasteiger charge is -2.11. The predicted molar refractivity (Wildman–Crippen MR) is 88.7 cm³/mol. The maximum absolute atomic E-state index is 9.59. The first-order valence-electron chi connectivity index (χ1n) is 6.61. The second-order valence-electron chi connectivity index (χ2n) is 5.28. The molecule has 0 saturated heterocycles. The molecule has 2 rings (SSSR count). The van der Waals surface area contributed by atoms with Gasteiger partial charge in [-0.15, -0.1) is 0 Å². The van der Waals surface area contributed by atoms with Crippen molar-refractivity contribution in [1.82, 2.24) is 0 Å². The van der Waals surface area contributed by atoms with E-state index in [1.807, 2.05) is 52.0 Å². The predicted octanol–water partition coefficient (Wildman–Crippen LogP) is 5.29. The molecule has 2 aromatic rings. The van der Waals surface area contributed by atoms with Gasteiger partial charge in [-0.25, -0.2) is 0 Å². The van der Waals surface area contributed by atoms with Crippen molar-refractivity contribution in [2.24, 2.45) is 0 Å². The maximum atomic E-state index is 9.59. The Labute approximate surface area is 135 Å². The van der Waals surface area contributed by atoms with Gasteiger partial charge in [-0.2, -0.15) is 4.79 Å². The van der Waals surface area contributed by atoms with E-state index >= 15 is 0 Å². The van der Waals surface area contributed by atoms with E-state index in [0.29, 0.717) is 15.8 Å². The SMILES string of the molecule is Cc1cc(Cl)cc(C)c1C(=[N+]=[N-])c1c(C)cc(Cl)cc1C. The summed E-state index contributed by atoms with van der Waals surface area (Å²) in [6.45, 7) is 7.83. The van der Waals surface area contributed by atoms with Crippen LogP contribution in [0.2, 0.25) is 10.0 Å². The molecule has 0 aliphatic heterocycles. The molecule has 0 bridgehead atoms. The van der Waals surface area contributed by atoms with Crippen molar-refractivity contribution < 1.29 is 4.79 Å². The van der Waals surface area contributed by atoms with E-state index in [9.17, 15) is 5.53 Å². The van der Waals surface area contributed by atoms with Crippen molar-refractivity contribution >= 4 is 28.9 Å². The largest absolute Gasteiger partial charge is 0.361 e. The van der Waals surface area contributed by atoms with Crippen LogP contribution in [0.4, 0.5) is 0 Å². The molecular formula is C17H16Cl2N2. The molecule has 0 amide bonds. The standard InChI is InChI=1S/C17H16Cl2N2/c1-9-5-13(18)6-10(2)15(9)17(21-20)16-11(3)7-14(19)8-12(16)4/h5-8H,1-4H3. The number of nitrogens with zero attached hydrogens (tertiary/aromatic N) is 2. The average Bonchev–Trinajstić information content (AvgIpc) is 2.34. The number of halogens is 2. The van der Waals surface area contributed by atoms with Crippen molar-refractivity contribution in [3.8, 4) is 0 Å². The zero-order valence-corrected chi connectivity index (χ0v) is 14.0. The van der Waals surface area contributed by atoms with Gasteiger partial charge < -0.3 is 5.53 Å². The quantitative estimate of drug-likeness (QED) is 0.409. The molecule has 21 heavy (non-hydrogen) atoms. The molecule has 2 aromatic carbocycles. The molecule has 108 valence electrons. The van der Waals surface area contributed by atoms with Crippen LogP contribution in [0.15, 0.2) is 24.3 Å². The number of aryl methyl sites for hydroxylation is 4. The maximum Gasteiger partial charge on any atom is 0.330 e. The Morgan fingerprint density at radius 3 is 1.29 bits per heavy atom. The highest BCUT2D eigenvalue weighted by Gasteiger charge is 2.24. The van der Waals surface area contributed by atoms with Crippen molar-refractivity contribution in [3.63, 3.8) is 0 Å². The van der Waals surface area contributed by atoms with Crippen LogP contribution in [0.5, 0.6) is 0 Å². The zero-order chi connectivity index (χ0) is 15.7. The summed E-state index contributed by atoms with van der Waals surface area (Å²) < 4.78 is 0. The van der Waals surface area contributed by atoms with E-state index in [-0.39, 0.29) is 0 Å². The molecule has 0 radical (unpaired) electrons. The van der Waals surface area contributed by atoms with Crippen LogP contribution in [0.1, 0.15) is 33.4 Å². The first-order chi connectivity index (χ1) is 9.85. The Morgan fingerprint density at radius 1 is 0.762 bits per heavy atom. The van der Waals surface area contributed by atoms with Crippen molar-refractivity contribution in [2.45, 2.75) is 27.7 Å². The minimum atomic E-state index is 0.549. The topological polar surface area (TPSA) is 36.4 Å². The lowest BCUT2D eigenvalue weighted by molar-refractivity contribution is -0.00295. The molecule has 4 heteroatoms. The van der Waals surface area contributed by atoms with E-state index in [1.165, 1.54) is 0 Å². The van der Waals surface area contributed by atoms with E-state index < -0.39 is 0 Å². The smallest absolute Gasteiger partial charge is 0.330 e. The fourth-order valence-electron chi connectivity index (χ4n) is 2.79.